The number of hydrogen-bond donors (Lipinski definition) is 0. The maximum atomic E-state index is 14.4. The molecule has 3 saturated heterocycles. The van der Waals surface area contributed by atoms with Crippen molar-refractivity contribution in [3.8, 4) is 11.1 Å². The Hall–Kier alpha value is -2.83. The molecule has 0 radical (unpaired) electrons. The molecular weight excluding hydrogens is 463 g/mol. The van der Waals surface area contributed by atoms with Crippen molar-refractivity contribution < 1.29 is 9.13 Å². The minimum Gasteiger partial charge on any atom is -0.381 e. The molecule has 0 unspecified atom stereocenters. The van der Waals surface area contributed by atoms with E-state index in [0.29, 0.717) is 17.8 Å². The zero-order valence-electron chi connectivity index (χ0n) is 22.0. The van der Waals surface area contributed by atoms with E-state index in [4.69, 9.17) is 9.72 Å². The topological polar surface area (TPSA) is 41.5 Å². The highest BCUT2D eigenvalue weighted by Gasteiger charge is 2.52. The highest BCUT2D eigenvalue weighted by Crippen LogP contribution is 2.43. The van der Waals surface area contributed by atoms with E-state index in [2.05, 4.69) is 46.8 Å². The van der Waals surface area contributed by atoms with Crippen LogP contribution in [0.2, 0.25) is 0 Å². The van der Waals surface area contributed by atoms with Gasteiger partial charge in [-0.2, -0.15) is 0 Å². The molecule has 3 aromatic rings. The molecule has 0 N–H and O–H groups in total. The molecule has 4 heterocycles. The number of benzene rings is 2. The fourth-order valence-corrected chi connectivity index (χ4v) is 6.60. The van der Waals surface area contributed by atoms with Crippen molar-refractivity contribution in [2.75, 3.05) is 50.8 Å². The Kier molecular flexibility index (Phi) is 6.72. The van der Waals surface area contributed by atoms with Gasteiger partial charge in [0.15, 0.2) is 0 Å². The fourth-order valence-electron chi connectivity index (χ4n) is 6.60. The van der Waals surface area contributed by atoms with Crippen molar-refractivity contribution in [2.45, 2.75) is 39.0 Å². The summed E-state index contributed by atoms with van der Waals surface area (Å²) < 4.78 is 20.0. The van der Waals surface area contributed by atoms with Crippen LogP contribution in [0.1, 0.15) is 49.3 Å². The molecular formula is C31H37FN4O. The van der Waals surface area contributed by atoms with E-state index in [0.717, 1.165) is 60.3 Å². The summed E-state index contributed by atoms with van der Waals surface area (Å²) in [6, 6.07) is 13.5. The first kappa shape index (κ1) is 24.5. The fraction of sp³-hybridized carbons (Fsp3) is 0.484. The second-order valence-electron chi connectivity index (χ2n) is 11.7. The molecule has 3 aliphatic heterocycles. The Balaban J connectivity index is 1.17. The lowest BCUT2D eigenvalue weighted by Crippen LogP contribution is -2.72. The third-order valence-corrected chi connectivity index (χ3v) is 8.42. The molecule has 0 saturated carbocycles. The summed E-state index contributed by atoms with van der Waals surface area (Å²) in [6.07, 6.45) is 6.67. The van der Waals surface area contributed by atoms with Crippen LogP contribution in [0.4, 0.5) is 10.2 Å². The maximum Gasteiger partial charge on any atom is 0.135 e. The number of hydrogen-bond acceptors (Lipinski definition) is 5. The first-order chi connectivity index (χ1) is 18.0. The molecule has 0 amide bonds. The number of aromatic nitrogens is 2. The molecule has 194 valence electrons. The van der Waals surface area contributed by atoms with Gasteiger partial charge in [-0.25, -0.2) is 14.4 Å². The first-order valence-corrected chi connectivity index (χ1v) is 13.7. The Morgan fingerprint density at radius 3 is 2.57 bits per heavy atom. The van der Waals surface area contributed by atoms with Crippen LogP contribution in [-0.2, 0) is 11.2 Å². The molecule has 6 heteroatoms. The summed E-state index contributed by atoms with van der Waals surface area (Å²) in [7, 11) is 0. The van der Waals surface area contributed by atoms with Gasteiger partial charge in [-0.3, -0.25) is 0 Å². The molecule has 3 fully saturated rings. The SMILES string of the molecule is CC(C)c1ccccc1-c1cc(F)ccc1Cc1cncnc1N1CC2(CN(CC3CCOCC3)C2)C1. The van der Waals surface area contributed by atoms with E-state index in [1.54, 1.807) is 18.5 Å². The molecule has 6 rings (SSSR count). The summed E-state index contributed by atoms with van der Waals surface area (Å²) in [6.45, 7) is 11.9. The second-order valence-corrected chi connectivity index (χ2v) is 11.7. The van der Waals surface area contributed by atoms with Gasteiger partial charge in [-0.05, 0) is 59.1 Å². The molecule has 3 aliphatic rings. The lowest BCUT2D eigenvalue weighted by atomic mass is 9.72. The molecule has 2 aromatic carbocycles. The number of halogens is 1. The van der Waals surface area contributed by atoms with Crippen LogP contribution in [0.15, 0.2) is 55.0 Å². The average Bonchev–Trinajstić information content (AvgIpc) is 2.87. The monoisotopic (exact) mass is 500 g/mol. The summed E-state index contributed by atoms with van der Waals surface area (Å²) in [5.74, 6) is 1.97. The summed E-state index contributed by atoms with van der Waals surface area (Å²) in [5.41, 5.74) is 5.91. The average molecular weight is 501 g/mol. The lowest BCUT2D eigenvalue weighted by molar-refractivity contribution is -0.0430. The Labute approximate surface area is 219 Å². The molecule has 0 atom stereocenters. The molecule has 1 aromatic heterocycles. The van der Waals surface area contributed by atoms with Crippen molar-refractivity contribution in [3.05, 3.63) is 77.5 Å². The molecule has 0 bridgehead atoms. The zero-order chi connectivity index (χ0) is 25.4. The van der Waals surface area contributed by atoms with Crippen LogP contribution in [0.3, 0.4) is 0 Å². The van der Waals surface area contributed by atoms with Crippen LogP contribution >= 0.6 is 0 Å². The van der Waals surface area contributed by atoms with E-state index in [-0.39, 0.29) is 5.82 Å². The molecule has 5 nitrogen and oxygen atoms in total. The standard InChI is InChI=1S/C31H37FN4O/c1-22(2)27-5-3-4-6-28(27)29-14-26(32)8-7-24(29)13-25-15-33-21-34-30(25)36-19-31(20-36)17-35(18-31)16-23-9-11-37-12-10-23/h3-8,14-15,21-23H,9-13,16-20H2,1-2H3. The highest BCUT2D eigenvalue weighted by atomic mass is 19.1. The van der Waals surface area contributed by atoms with Crippen molar-refractivity contribution >= 4 is 5.82 Å². The zero-order valence-corrected chi connectivity index (χ0v) is 22.0. The third-order valence-electron chi connectivity index (χ3n) is 8.42. The smallest absolute Gasteiger partial charge is 0.135 e. The number of rotatable bonds is 7. The minimum atomic E-state index is -0.207. The van der Waals surface area contributed by atoms with Gasteiger partial charge in [-0.1, -0.05) is 44.2 Å². The minimum absolute atomic E-state index is 0.207. The van der Waals surface area contributed by atoms with Crippen LogP contribution in [0.5, 0.6) is 0 Å². The predicted molar refractivity (Wildman–Crippen MR) is 145 cm³/mol. The first-order valence-electron chi connectivity index (χ1n) is 13.7. The van der Waals surface area contributed by atoms with E-state index >= 15 is 0 Å². The Morgan fingerprint density at radius 2 is 1.78 bits per heavy atom. The normalized spacial score (nSPS) is 19.7. The van der Waals surface area contributed by atoms with Crippen molar-refractivity contribution in [1.29, 1.82) is 0 Å². The van der Waals surface area contributed by atoms with Crippen molar-refractivity contribution in [2.24, 2.45) is 11.3 Å². The maximum absolute atomic E-state index is 14.4. The molecule has 1 spiro atoms. The van der Waals surface area contributed by atoms with Crippen molar-refractivity contribution in [1.82, 2.24) is 14.9 Å². The van der Waals surface area contributed by atoms with Crippen LogP contribution < -0.4 is 4.90 Å². The predicted octanol–water partition coefficient (Wildman–Crippen LogP) is 5.55. The van der Waals surface area contributed by atoms with Gasteiger partial charge in [0.25, 0.3) is 0 Å². The van der Waals surface area contributed by atoms with Gasteiger partial charge in [0.2, 0.25) is 0 Å². The summed E-state index contributed by atoms with van der Waals surface area (Å²) in [4.78, 5) is 14.1. The molecule has 37 heavy (non-hydrogen) atoms. The van der Waals surface area contributed by atoms with E-state index in [1.807, 2.05) is 18.3 Å². The second kappa shape index (κ2) is 10.1. The largest absolute Gasteiger partial charge is 0.381 e. The highest BCUT2D eigenvalue weighted by molar-refractivity contribution is 5.72. The van der Waals surface area contributed by atoms with E-state index in [1.165, 1.54) is 38.0 Å². The number of anilines is 1. The molecule has 0 aliphatic carbocycles. The van der Waals surface area contributed by atoms with Gasteiger partial charge in [0, 0.05) is 69.5 Å². The number of ether oxygens (including phenoxy) is 1. The third kappa shape index (κ3) is 5.01. The van der Waals surface area contributed by atoms with E-state index < -0.39 is 0 Å². The quantitative estimate of drug-likeness (QED) is 0.426. The Bertz CT molecular complexity index is 1240. The number of likely N-dealkylation sites (tertiary alicyclic amines) is 1. The Morgan fingerprint density at radius 1 is 1.00 bits per heavy atom. The number of nitrogens with zero attached hydrogens (tertiary/aromatic N) is 4. The van der Waals surface area contributed by atoms with Crippen LogP contribution in [0, 0.1) is 17.2 Å². The van der Waals surface area contributed by atoms with Gasteiger partial charge in [0.05, 0.1) is 0 Å². The van der Waals surface area contributed by atoms with Crippen LogP contribution in [-0.4, -0.2) is 60.8 Å². The van der Waals surface area contributed by atoms with Crippen LogP contribution in [0.25, 0.3) is 11.1 Å². The van der Waals surface area contributed by atoms with Gasteiger partial charge >= 0.3 is 0 Å². The van der Waals surface area contributed by atoms with Crippen molar-refractivity contribution in [3.63, 3.8) is 0 Å². The van der Waals surface area contributed by atoms with Gasteiger partial charge < -0.3 is 14.5 Å². The van der Waals surface area contributed by atoms with Gasteiger partial charge in [0.1, 0.15) is 18.0 Å². The van der Waals surface area contributed by atoms with Gasteiger partial charge in [-0.15, -0.1) is 0 Å². The summed E-state index contributed by atoms with van der Waals surface area (Å²) >= 11 is 0. The van der Waals surface area contributed by atoms with E-state index in [9.17, 15) is 4.39 Å². The lowest BCUT2D eigenvalue weighted by Gasteiger charge is -2.61. The summed E-state index contributed by atoms with van der Waals surface area (Å²) in [5, 5.41) is 0.